The third-order valence-corrected chi connectivity index (χ3v) is 7.63. The molecule has 0 nitrogen and oxygen atoms in total. The second-order valence-corrected chi connectivity index (χ2v) is 11.5. The molecule has 0 atom stereocenters. The molecular formula is C40H34. The van der Waals surface area contributed by atoms with Crippen LogP contribution >= 0.6 is 0 Å². The van der Waals surface area contributed by atoms with Gasteiger partial charge in [-0.25, -0.2) is 0 Å². The molecule has 6 aromatic carbocycles. The minimum absolute atomic E-state index is 0.0991. The van der Waals surface area contributed by atoms with Gasteiger partial charge in [-0.3, -0.25) is 0 Å². The van der Waals surface area contributed by atoms with E-state index in [0.717, 1.165) is 0 Å². The van der Waals surface area contributed by atoms with Crippen LogP contribution in [0.15, 0.2) is 152 Å². The lowest BCUT2D eigenvalue weighted by atomic mass is 9.83. The van der Waals surface area contributed by atoms with Crippen LogP contribution in [-0.4, -0.2) is 0 Å². The summed E-state index contributed by atoms with van der Waals surface area (Å²) in [6, 6.07) is 55.0. The van der Waals surface area contributed by atoms with Gasteiger partial charge in [-0.15, -0.1) is 0 Å². The number of hydrogen-bond donors (Lipinski definition) is 0. The smallest absolute Gasteiger partial charge is 0.00262 e. The zero-order valence-electron chi connectivity index (χ0n) is 23.4. The van der Waals surface area contributed by atoms with Gasteiger partial charge in [0.05, 0.1) is 0 Å². The molecule has 0 fully saturated rings. The van der Waals surface area contributed by atoms with Gasteiger partial charge >= 0.3 is 0 Å². The summed E-state index contributed by atoms with van der Waals surface area (Å²) >= 11 is 0. The van der Waals surface area contributed by atoms with Crippen molar-refractivity contribution in [3.05, 3.63) is 157 Å². The maximum absolute atomic E-state index is 2.36. The van der Waals surface area contributed by atoms with E-state index in [-0.39, 0.29) is 5.41 Å². The lowest BCUT2D eigenvalue weighted by Gasteiger charge is -2.21. The van der Waals surface area contributed by atoms with Crippen molar-refractivity contribution in [1.29, 1.82) is 0 Å². The Kier molecular flexibility index (Phi) is 6.93. The highest BCUT2D eigenvalue weighted by molar-refractivity contribution is 5.98. The van der Waals surface area contributed by atoms with E-state index in [2.05, 4.69) is 172 Å². The summed E-state index contributed by atoms with van der Waals surface area (Å²) in [5.74, 6) is 0. The molecule has 0 aliphatic carbocycles. The summed E-state index contributed by atoms with van der Waals surface area (Å²) in [6.07, 6.45) is 0. The average molecular weight is 515 g/mol. The fraction of sp³-hybridized carbons (Fsp3) is 0.100. The number of benzene rings is 6. The summed E-state index contributed by atoms with van der Waals surface area (Å²) in [5, 5.41) is 0. The van der Waals surface area contributed by atoms with Gasteiger partial charge in [0.1, 0.15) is 0 Å². The fourth-order valence-corrected chi connectivity index (χ4v) is 5.46. The van der Waals surface area contributed by atoms with Crippen LogP contribution < -0.4 is 0 Å². The molecule has 0 heteroatoms. The van der Waals surface area contributed by atoms with Crippen LogP contribution in [0.3, 0.4) is 0 Å². The van der Waals surface area contributed by atoms with Gasteiger partial charge in [0.25, 0.3) is 0 Å². The molecule has 0 aliphatic rings. The summed E-state index contributed by atoms with van der Waals surface area (Å²) in [7, 11) is 0. The van der Waals surface area contributed by atoms with Gasteiger partial charge in [-0.2, -0.15) is 0 Å². The third kappa shape index (κ3) is 5.26. The second-order valence-electron chi connectivity index (χ2n) is 11.5. The van der Waals surface area contributed by atoms with Gasteiger partial charge in [-0.1, -0.05) is 154 Å². The van der Waals surface area contributed by atoms with Crippen molar-refractivity contribution >= 4 is 0 Å². The monoisotopic (exact) mass is 514 g/mol. The van der Waals surface area contributed by atoms with Crippen molar-refractivity contribution in [2.75, 3.05) is 0 Å². The second kappa shape index (κ2) is 10.8. The first-order chi connectivity index (χ1) is 19.5. The molecule has 0 saturated heterocycles. The van der Waals surface area contributed by atoms with E-state index in [0.29, 0.717) is 0 Å². The lowest BCUT2D eigenvalue weighted by molar-refractivity contribution is 0.590. The molecule has 0 radical (unpaired) electrons. The largest absolute Gasteiger partial charge is 0.0622 e. The van der Waals surface area contributed by atoms with E-state index in [1.54, 1.807) is 0 Å². The Morgan fingerprint density at radius 3 is 1.27 bits per heavy atom. The summed E-state index contributed by atoms with van der Waals surface area (Å²) < 4.78 is 0. The molecular weight excluding hydrogens is 480 g/mol. The average Bonchev–Trinajstić information content (AvgIpc) is 3.01. The van der Waals surface area contributed by atoms with Gasteiger partial charge < -0.3 is 0 Å². The quantitative estimate of drug-likeness (QED) is 0.215. The van der Waals surface area contributed by atoms with E-state index in [4.69, 9.17) is 0 Å². The lowest BCUT2D eigenvalue weighted by Crippen LogP contribution is -2.10. The minimum atomic E-state index is 0.0991. The van der Waals surface area contributed by atoms with E-state index in [1.165, 1.54) is 61.2 Å². The number of hydrogen-bond acceptors (Lipinski definition) is 0. The Labute approximate surface area is 238 Å². The van der Waals surface area contributed by atoms with Crippen LogP contribution in [0.1, 0.15) is 26.3 Å². The van der Waals surface area contributed by atoms with Crippen LogP contribution in [0.25, 0.3) is 55.6 Å². The molecule has 0 bridgehead atoms. The van der Waals surface area contributed by atoms with Gasteiger partial charge in [0, 0.05) is 0 Å². The standard InChI is InChI=1S/C40H34/c1-40(2,3)36-24-14-22-33(26-36)32-21-13-23-34(25-32)39-37(30-17-9-5-10-18-30)27-35(29-15-7-4-8-16-29)28-38(39)31-19-11-6-12-20-31/h4-28H,1-3H3. The molecule has 194 valence electrons. The van der Waals surface area contributed by atoms with Crippen molar-refractivity contribution in [3.63, 3.8) is 0 Å². The highest BCUT2D eigenvalue weighted by Crippen LogP contribution is 2.44. The zero-order chi connectivity index (χ0) is 27.5. The minimum Gasteiger partial charge on any atom is -0.0622 e. The molecule has 6 aromatic rings. The SMILES string of the molecule is CC(C)(C)c1cccc(-c2cccc(-c3c(-c4ccccc4)cc(-c4ccccc4)cc3-c3ccccc3)c2)c1. The summed E-state index contributed by atoms with van der Waals surface area (Å²) in [5.41, 5.74) is 13.7. The summed E-state index contributed by atoms with van der Waals surface area (Å²) in [4.78, 5) is 0. The van der Waals surface area contributed by atoms with Crippen molar-refractivity contribution in [2.24, 2.45) is 0 Å². The predicted octanol–water partition coefficient (Wildman–Crippen LogP) is 11.3. The first-order valence-corrected chi connectivity index (χ1v) is 14.0. The molecule has 0 spiro atoms. The molecule has 6 rings (SSSR count). The van der Waals surface area contributed by atoms with E-state index < -0.39 is 0 Å². The van der Waals surface area contributed by atoms with Crippen molar-refractivity contribution in [2.45, 2.75) is 26.2 Å². The molecule has 40 heavy (non-hydrogen) atoms. The highest BCUT2D eigenvalue weighted by atomic mass is 14.2. The van der Waals surface area contributed by atoms with Gasteiger partial charge in [-0.05, 0) is 84.8 Å². The third-order valence-electron chi connectivity index (χ3n) is 7.63. The van der Waals surface area contributed by atoms with E-state index in [1.807, 2.05) is 0 Å². The van der Waals surface area contributed by atoms with Crippen molar-refractivity contribution in [1.82, 2.24) is 0 Å². The molecule has 0 aromatic heterocycles. The van der Waals surface area contributed by atoms with Crippen LogP contribution in [0.5, 0.6) is 0 Å². The molecule has 0 N–H and O–H groups in total. The molecule has 0 amide bonds. The molecule has 0 unspecified atom stereocenters. The van der Waals surface area contributed by atoms with E-state index in [9.17, 15) is 0 Å². The molecule has 0 aliphatic heterocycles. The fourth-order valence-electron chi connectivity index (χ4n) is 5.46. The molecule has 0 saturated carbocycles. The van der Waals surface area contributed by atoms with Crippen LogP contribution in [-0.2, 0) is 5.41 Å². The normalized spacial score (nSPS) is 11.4. The topological polar surface area (TPSA) is 0 Å². The predicted molar refractivity (Wildman–Crippen MR) is 172 cm³/mol. The molecule has 0 heterocycles. The Bertz CT molecular complexity index is 1680. The highest BCUT2D eigenvalue weighted by Gasteiger charge is 2.18. The zero-order valence-corrected chi connectivity index (χ0v) is 23.4. The first-order valence-electron chi connectivity index (χ1n) is 14.0. The van der Waals surface area contributed by atoms with Crippen LogP contribution in [0.4, 0.5) is 0 Å². The maximum Gasteiger partial charge on any atom is -0.00262 e. The van der Waals surface area contributed by atoms with E-state index >= 15 is 0 Å². The maximum atomic E-state index is 2.36. The van der Waals surface area contributed by atoms with Gasteiger partial charge in [0.2, 0.25) is 0 Å². The Morgan fingerprint density at radius 2 is 0.750 bits per heavy atom. The van der Waals surface area contributed by atoms with Crippen molar-refractivity contribution in [3.8, 4) is 55.6 Å². The van der Waals surface area contributed by atoms with Crippen LogP contribution in [0, 0.1) is 0 Å². The summed E-state index contributed by atoms with van der Waals surface area (Å²) in [6.45, 7) is 6.82. The Morgan fingerprint density at radius 1 is 0.325 bits per heavy atom. The van der Waals surface area contributed by atoms with Crippen LogP contribution in [0.2, 0.25) is 0 Å². The van der Waals surface area contributed by atoms with Gasteiger partial charge in [0.15, 0.2) is 0 Å². The number of rotatable bonds is 5. The van der Waals surface area contributed by atoms with Crippen molar-refractivity contribution < 1.29 is 0 Å². The Balaban J connectivity index is 1.62. The first kappa shape index (κ1) is 25.6. The Hall–Kier alpha value is -4.68.